The Hall–Kier alpha value is -2.98. The molecule has 0 heterocycles. The predicted octanol–water partition coefficient (Wildman–Crippen LogP) is 6.50. The molecule has 3 aromatic rings. The molecule has 3 nitrogen and oxygen atoms in total. The van der Waals surface area contributed by atoms with Crippen LogP contribution in [0, 0.1) is 0 Å². The second-order valence-electron chi connectivity index (χ2n) is 5.74. The number of ether oxygens (including phenoxy) is 2. The lowest BCUT2D eigenvalue weighted by Crippen LogP contribution is -1.98. The largest absolute Gasteiger partial charge is 0.493 e. The van der Waals surface area contributed by atoms with Crippen LogP contribution >= 0.6 is 11.8 Å². The van der Waals surface area contributed by atoms with Gasteiger partial charge in [-0.3, -0.25) is 0 Å². The SMILES string of the molecule is COc1ccccc1O/C=C(\C)C(=Nc1ccccc1)Sc1ccccc1. The fourth-order valence-corrected chi connectivity index (χ4v) is 3.21. The zero-order chi connectivity index (χ0) is 18.9. The van der Waals surface area contributed by atoms with E-state index in [2.05, 4.69) is 12.1 Å². The molecule has 136 valence electrons. The predicted molar refractivity (Wildman–Crippen MR) is 113 cm³/mol. The fourth-order valence-electron chi connectivity index (χ4n) is 2.33. The molecule has 0 aromatic heterocycles. The zero-order valence-corrected chi connectivity index (χ0v) is 16.1. The summed E-state index contributed by atoms with van der Waals surface area (Å²) in [5.74, 6) is 1.36. The number of aliphatic imine (C=N–C) groups is 1. The van der Waals surface area contributed by atoms with Gasteiger partial charge in [-0.2, -0.15) is 0 Å². The van der Waals surface area contributed by atoms with Crippen molar-refractivity contribution in [2.75, 3.05) is 7.11 Å². The van der Waals surface area contributed by atoms with E-state index < -0.39 is 0 Å². The maximum Gasteiger partial charge on any atom is 0.168 e. The van der Waals surface area contributed by atoms with Gasteiger partial charge in [-0.05, 0) is 43.3 Å². The number of rotatable bonds is 6. The molecular weight excluding hydrogens is 354 g/mol. The van der Waals surface area contributed by atoms with Crippen molar-refractivity contribution in [3.05, 3.63) is 96.8 Å². The van der Waals surface area contributed by atoms with E-state index in [-0.39, 0.29) is 0 Å². The molecule has 0 radical (unpaired) electrons. The summed E-state index contributed by atoms with van der Waals surface area (Å²) in [5, 5.41) is 0.877. The van der Waals surface area contributed by atoms with Gasteiger partial charge in [0.2, 0.25) is 0 Å². The van der Waals surface area contributed by atoms with Crippen LogP contribution in [0.25, 0.3) is 0 Å². The van der Waals surface area contributed by atoms with Crippen molar-refractivity contribution in [3.8, 4) is 11.5 Å². The number of hydrogen-bond acceptors (Lipinski definition) is 4. The van der Waals surface area contributed by atoms with Gasteiger partial charge in [0.15, 0.2) is 11.5 Å². The molecule has 0 fully saturated rings. The van der Waals surface area contributed by atoms with Crippen LogP contribution in [0.3, 0.4) is 0 Å². The molecule has 0 N–H and O–H groups in total. The van der Waals surface area contributed by atoms with Crippen molar-refractivity contribution in [3.63, 3.8) is 0 Å². The summed E-state index contributed by atoms with van der Waals surface area (Å²) in [6.45, 7) is 1.99. The smallest absolute Gasteiger partial charge is 0.168 e. The van der Waals surface area contributed by atoms with Crippen LogP contribution in [0.4, 0.5) is 5.69 Å². The Labute approximate surface area is 164 Å². The number of methoxy groups -OCH3 is 1. The molecule has 0 bridgehead atoms. The Kier molecular flexibility index (Phi) is 6.72. The van der Waals surface area contributed by atoms with Crippen LogP contribution < -0.4 is 9.47 Å². The van der Waals surface area contributed by atoms with Crippen LogP contribution in [-0.2, 0) is 0 Å². The van der Waals surface area contributed by atoms with Gasteiger partial charge in [-0.25, -0.2) is 4.99 Å². The lowest BCUT2D eigenvalue weighted by Gasteiger charge is -2.10. The van der Waals surface area contributed by atoms with Crippen molar-refractivity contribution in [1.29, 1.82) is 0 Å². The molecule has 4 heteroatoms. The molecule has 27 heavy (non-hydrogen) atoms. The molecule has 0 aliphatic carbocycles. The summed E-state index contributed by atoms with van der Waals surface area (Å²) >= 11 is 1.61. The van der Waals surface area contributed by atoms with E-state index in [0.717, 1.165) is 21.2 Å². The molecule has 3 aromatic carbocycles. The number of thioether (sulfide) groups is 1. The van der Waals surface area contributed by atoms with Gasteiger partial charge in [-0.15, -0.1) is 0 Å². The topological polar surface area (TPSA) is 30.8 Å². The first-order valence-electron chi connectivity index (χ1n) is 8.60. The molecule has 0 saturated heterocycles. The maximum absolute atomic E-state index is 5.86. The number of para-hydroxylation sites is 3. The number of hydrogen-bond donors (Lipinski definition) is 0. The second-order valence-corrected chi connectivity index (χ2v) is 6.80. The van der Waals surface area contributed by atoms with E-state index in [4.69, 9.17) is 14.5 Å². The van der Waals surface area contributed by atoms with Crippen LogP contribution in [0.15, 0.2) is 107 Å². The van der Waals surface area contributed by atoms with Crippen molar-refractivity contribution >= 4 is 22.5 Å². The van der Waals surface area contributed by atoms with E-state index in [1.165, 1.54) is 0 Å². The van der Waals surface area contributed by atoms with Crippen molar-refractivity contribution in [1.82, 2.24) is 0 Å². The molecule has 0 unspecified atom stereocenters. The van der Waals surface area contributed by atoms with Gasteiger partial charge in [0.1, 0.15) is 5.04 Å². The quantitative estimate of drug-likeness (QED) is 0.213. The van der Waals surface area contributed by atoms with Gasteiger partial charge in [0.05, 0.1) is 19.1 Å². The molecule has 0 saturated carbocycles. The van der Waals surface area contributed by atoms with Gasteiger partial charge >= 0.3 is 0 Å². The standard InChI is InChI=1S/C23H21NO2S/c1-18(17-26-22-16-10-9-15-21(22)25-2)23(24-19-11-5-3-6-12-19)27-20-13-7-4-8-14-20/h3-17H,1-2H3/b18-17+,24-23?. The normalized spacial score (nSPS) is 11.9. The number of benzene rings is 3. The van der Waals surface area contributed by atoms with Gasteiger partial charge < -0.3 is 9.47 Å². The van der Waals surface area contributed by atoms with Crippen molar-refractivity contribution in [2.24, 2.45) is 4.99 Å². The first-order valence-corrected chi connectivity index (χ1v) is 9.41. The average Bonchev–Trinajstić information content (AvgIpc) is 2.73. The highest BCUT2D eigenvalue weighted by atomic mass is 32.2. The third-order valence-corrected chi connectivity index (χ3v) is 4.83. The van der Waals surface area contributed by atoms with Crippen molar-refractivity contribution in [2.45, 2.75) is 11.8 Å². The number of nitrogens with zero attached hydrogens (tertiary/aromatic N) is 1. The molecule has 0 atom stereocenters. The first kappa shape index (κ1) is 18.8. The van der Waals surface area contributed by atoms with Gasteiger partial charge in [0, 0.05) is 10.5 Å². The second kappa shape index (κ2) is 9.64. The lowest BCUT2D eigenvalue weighted by atomic mass is 10.3. The summed E-state index contributed by atoms with van der Waals surface area (Å²) in [5.41, 5.74) is 1.83. The van der Waals surface area contributed by atoms with E-state index in [1.54, 1.807) is 25.1 Å². The van der Waals surface area contributed by atoms with Crippen LogP contribution in [0.2, 0.25) is 0 Å². The lowest BCUT2D eigenvalue weighted by molar-refractivity contribution is 0.377. The first-order chi connectivity index (χ1) is 13.3. The Bertz CT molecular complexity index is 921. The Morgan fingerprint density at radius 3 is 2.07 bits per heavy atom. The summed E-state index contributed by atoms with van der Waals surface area (Å²) < 4.78 is 11.2. The van der Waals surface area contributed by atoms with E-state index >= 15 is 0 Å². The summed E-state index contributed by atoms with van der Waals surface area (Å²) in [6, 6.07) is 27.7. The summed E-state index contributed by atoms with van der Waals surface area (Å²) in [6.07, 6.45) is 1.72. The average molecular weight is 375 g/mol. The summed E-state index contributed by atoms with van der Waals surface area (Å²) in [4.78, 5) is 5.93. The highest BCUT2D eigenvalue weighted by Gasteiger charge is 2.08. The zero-order valence-electron chi connectivity index (χ0n) is 15.3. The minimum absolute atomic E-state index is 0.670. The van der Waals surface area contributed by atoms with Crippen LogP contribution in [0.5, 0.6) is 11.5 Å². The van der Waals surface area contributed by atoms with E-state index in [9.17, 15) is 0 Å². The fraction of sp³-hybridized carbons (Fsp3) is 0.0870. The molecule has 0 spiro atoms. The minimum Gasteiger partial charge on any atom is -0.493 e. The third-order valence-electron chi connectivity index (χ3n) is 3.71. The highest BCUT2D eigenvalue weighted by Crippen LogP contribution is 2.29. The van der Waals surface area contributed by atoms with Crippen LogP contribution in [0.1, 0.15) is 6.92 Å². The maximum atomic E-state index is 5.86. The minimum atomic E-state index is 0.670. The Morgan fingerprint density at radius 1 is 0.815 bits per heavy atom. The van der Waals surface area contributed by atoms with Crippen molar-refractivity contribution < 1.29 is 9.47 Å². The van der Waals surface area contributed by atoms with Gasteiger partial charge in [-0.1, -0.05) is 60.3 Å². The Morgan fingerprint density at radius 2 is 1.41 bits per heavy atom. The molecular formula is C23H21NO2S. The molecule has 0 aliphatic heterocycles. The highest BCUT2D eigenvalue weighted by molar-refractivity contribution is 8.14. The molecule has 0 aliphatic rings. The van der Waals surface area contributed by atoms with Gasteiger partial charge in [0.25, 0.3) is 0 Å². The third kappa shape index (κ3) is 5.50. The molecule has 0 amide bonds. The van der Waals surface area contributed by atoms with E-state index in [1.807, 2.05) is 79.7 Å². The van der Waals surface area contributed by atoms with Crippen LogP contribution in [-0.4, -0.2) is 12.2 Å². The monoisotopic (exact) mass is 375 g/mol. The van der Waals surface area contributed by atoms with E-state index in [0.29, 0.717) is 11.5 Å². The Balaban J connectivity index is 1.88. The molecule has 3 rings (SSSR count). The summed E-state index contributed by atoms with van der Waals surface area (Å²) in [7, 11) is 1.63.